The van der Waals surface area contributed by atoms with Gasteiger partial charge in [-0.15, -0.1) is 0 Å². The van der Waals surface area contributed by atoms with Gasteiger partial charge in [0.25, 0.3) is 0 Å². The number of ether oxygens (including phenoxy) is 1. The van der Waals surface area contributed by atoms with Gasteiger partial charge in [0.1, 0.15) is 5.75 Å². The van der Waals surface area contributed by atoms with Crippen molar-refractivity contribution in [3.8, 4) is 5.75 Å². The van der Waals surface area contributed by atoms with Gasteiger partial charge in [-0.25, -0.2) is 0 Å². The standard InChI is InChI=1S/C27H26N2O/c1-3-9-20(10-4-1)21-15-17-27(18-16-21)29-25(23-13-7-8-14-26(23)30-27)19-24(28-29)22-11-5-2-6-12-22/h1-14,19,21,25,28H,15-18H2/t21?,25-,27?/m0/s1. The largest absolute Gasteiger partial charge is 0.471 e. The first-order valence-electron chi connectivity index (χ1n) is 11.0. The Balaban J connectivity index is 1.34. The van der Waals surface area contributed by atoms with Crippen molar-refractivity contribution in [2.75, 3.05) is 0 Å². The summed E-state index contributed by atoms with van der Waals surface area (Å²) in [5.41, 5.74) is 8.52. The lowest BCUT2D eigenvalue weighted by atomic mass is 9.78. The Bertz CT molecular complexity index is 1070. The molecule has 0 unspecified atom stereocenters. The quantitative estimate of drug-likeness (QED) is 0.574. The second-order valence-corrected chi connectivity index (χ2v) is 8.64. The van der Waals surface area contributed by atoms with Crippen LogP contribution < -0.4 is 10.2 Å². The van der Waals surface area contributed by atoms with Crippen molar-refractivity contribution in [2.24, 2.45) is 0 Å². The molecule has 1 aliphatic carbocycles. The van der Waals surface area contributed by atoms with Crippen LogP contribution in [0.25, 0.3) is 5.70 Å². The Morgan fingerprint density at radius 1 is 0.800 bits per heavy atom. The van der Waals surface area contributed by atoms with Crippen LogP contribution in [-0.2, 0) is 0 Å². The van der Waals surface area contributed by atoms with Gasteiger partial charge in [-0.3, -0.25) is 0 Å². The SMILES string of the molecule is C1=C(c2ccccc2)NN2[C@@H]1c1ccccc1OC21CCC(c2ccccc2)CC1. The van der Waals surface area contributed by atoms with Crippen LogP contribution in [0.4, 0.5) is 0 Å². The van der Waals surface area contributed by atoms with E-state index in [4.69, 9.17) is 4.74 Å². The van der Waals surface area contributed by atoms with Crippen LogP contribution in [0.5, 0.6) is 5.75 Å². The molecule has 1 atom stereocenters. The van der Waals surface area contributed by atoms with E-state index in [0.29, 0.717) is 5.92 Å². The molecule has 2 heterocycles. The molecule has 3 aromatic rings. The molecule has 0 saturated heterocycles. The van der Waals surface area contributed by atoms with Crippen molar-refractivity contribution >= 4 is 5.70 Å². The van der Waals surface area contributed by atoms with Crippen LogP contribution in [0.1, 0.15) is 54.3 Å². The van der Waals surface area contributed by atoms with Gasteiger partial charge in [-0.1, -0.05) is 78.9 Å². The van der Waals surface area contributed by atoms with Crippen LogP contribution in [0.2, 0.25) is 0 Å². The maximum Gasteiger partial charge on any atom is 0.180 e. The van der Waals surface area contributed by atoms with Crippen LogP contribution in [-0.4, -0.2) is 10.7 Å². The van der Waals surface area contributed by atoms with E-state index in [0.717, 1.165) is 31.4 Å². The third-order valence-corrected chi connectivity index (χ3v) is 6.94. The zero-order valence-electron chi connectivity index (χ0n) is 17.0. The van der Waals surface area contributed by atoms with Crippen molar-refractivity contribution in [3.63, 3.8) is 0 Å². The number of hydrazine groups is 1. The van der Waals surface area contributed by atoms with Gasteiger partial charge >= 0.3 is 0 Å². The summed E-state index contributed by atoms with van der Waals surface area (Å²) in [5.74, 6) is 1.64. The van der Waals surface area contributed by atoms with E-state index in [1.165, 1.54) is 22.4 Å². The number of para-hydroxylation sites is 1. The number of hydrogen-bond donors (Lipinski definition) is 1. The molecule has 1 fully saturated rings. The Morgan fingerprint density at radius 3 is 2.23 bits per heavy atom. The molecule has 1 saturated carbocycles. The summed E-state index contributed by atoms with van der Waals surface area (Å²) in [6.45, 7) is 0. The maximum absolute atomic E-state index is 6.77. The Morgan fingerprint density at radius 2 is 1.47 bits per heavy atom. The van der Waals surface area contributed by atoms with Gasteiger partial charge in [0.05, 0.1) is 11.7 Å². The van der Waals surface area contributed by atoms with E-state index >= 15 is 0 Å². The molecule has 0 amide bonds. The highest BCUT2D eigenvalue weighted by atomic mass is 16.5. The number of nitrogens with zero attached hydrogens (tertiary/aromatic N) is 1. The summed E-state index contributed by atoms with van der Waals surface area (Å²) in [5, 5.41) is 2.39. The van der Waals surface area contributed by atoms with E-state index in [9.17, 15) is 0 Å². The van der Waals surface area contributed by atoms with Gasteiger partial charge < -0.3 is 10.2 Å². The van der Waals surface area contributed by atoms with Crippen LogP contribution in [0, 0.1) is 0 Å². The zero-order valence-corrected chi connectivity index (χ0v) is 17.0. The van der Waals surface area contributed by atoms with Crippen molar-refractivity contribution in [2.45, 2.75) is 43.4 Å². The third kappa shape index (κ3) is 2.85. The molecule has 6 rings (SSSR count). The number of hydrogen-bond acceptors (Lipinski definition) is 3. The normalized spacial score (nSPS) is 27.5. The third-order valence-electron chi connectivity index (χ3n) is 6.94. The number of nitrogens with one attached hydrogen (secondary N) is 1. The van der Waals surface area contributed by atoms with E-state index < -0.39 is 0 Å². The molecule has 1 N–H and O–H groups in total. The van der Waals surface area contributed by atoms with Crippen LogP contribution in [0.3, 0.4) is 0 Å². The first-order chi connectivity index (χ1) is 14.8. The molecular weight excluding hydrogens is 368 g/mol. The average molecular weight is 395 g/mol. The monoisotopic (exact) mass is 394 g/mol. The topological polar surface area (TPSA) is 24.5 Å². The molecule has 2 aliphatic heterocycles. The smallest absolute Gasteiger partial charge is 0.180 e. The fraction of sp³-hybridized carbons (Fsp3) is 0.259. The molecule has 3 aliphatic rings. The lowest BCUT2D eigenvalue weighted by Crippen LogP contribution is -2.60. The molecule has 3 nitrogen and oxygen atoms in total. The summed E-state index contributed by atoms with van der Waals surface area (Å²) < 4.78 is 6.77. The second-order valence-electron chi connectivity index (χ2n) is 8.64. The Kier molecular flexibility index (Phi) is 4.17. The minimum atomic E-state index is -0.308. The molecule has 0 aromatic heterocycles. The molecule has 0 bridgehead atoms. The minimum Gasteiger partial charge on any atom is -0.471 e. The number of fused-ring (bicyclic) bond motifs is 4. The predicted molar refractivity (Wildman–Crippen MR) is 120 cm³/mol. The molecule has 3 aromatic carbocycles. The van der Waals surface area contributed by atoms with Gasteiger partial charge in [0, 0.05) is 18.4 Å². The second kappa shape index (κ2) is 7.03. The first-order valence-corrected chi connectivity index (χ1v) is 11.0. The molecular formula is C27H26N2O. The van der Waals surface area contributed by atoms with Gasteiger partial charge in [0.2, 0.25) is 0 Å². The number of benzene rings is 3. The Labute approximate surface area is 178 Å². The van der Waals surface area contributed by atoms with Gasteiger partial charge in [-0.05, 0) is 42.0 Å². The first kappa shape index (κ1) is 17.8. The summed E-state index contributed by atoms with van der Waals surface area (Å²) in [6, 6.07) is 30.3. The molecule has 3 heteroatoms. The van der Waals surface area contributed by atoms with Crippen LogP contribution >= 0.6 is 0 Å². The molecule has 30 heavy (non-hydrogen) atoms. The summed E-state index contributed by atoms with van der Waals surface area (Å²) in [7, 11) is 0. The fourth-order valence-corrected chi connectivity index (χ4v) is 5.37. The van der Waals surface area contributed by atoms with Gasteiger partial charge in [0.15, 0.2) is 5.72 Å². The van der Waals surface area contributed by atoms with Crippen molar-refractivity contribution in [3.05, 3.63) is 108 Å². The summed E-state index contributed by atoms with van der Waals surface area (Å²) in [4.78, 5) is 0. The maximum atomic E-state index is 6.77. The van der Waals surface area contributed by atoms with Crippen LogP contribution in [0.15, 0.2) is 91.0 Å². The van der Waals surface area contributed by atoms with E-state index in [1.807, 2.05) is 0 Å². The highest BCUT2D eigenvalue weighted by Crippen LogP contribution is 2.51. The van der Waals surface area contributed by atoms with Crippen molar-refractivity contribution in [1.29, 1.82) is 0 Å². The zero-order chi connectivity index (χ0) is 20.0. The lowest BCUT2D eigenvalue weighted by Gasteiger charge is -2.51. The lowest BCUT2D eigenvalue weighted by molar-refractivity contribution is -0.152. The Hall–Kier alpha value is -3.04. The molecule has 1 spiro atoms. The molecule has 150 valence electrons. The van der Waals surface area contributed by atoms with Gasteiger partial charge in [-0.2, -0.15) is 5.01 Å². The summed E-state index contributed by atoms with van der Waals surface area (Å²) >= 11 is 0. The van der Waals surface area contributed by atoms with E-state index in [-0.39, 0.29) is 11.8 Å². The predicted octanol–water partition coefficient (Wildman–Crippen LogP) is 6.04. The highest BCUT2D eigenvalue weighted by Gasteiger charge is 2.51. The summed E-state index contributed by atoms with van der Waals surface area (Å²) in [6.07, 6.45) is 6.66. The fourth-order valence-electron chi connectivity index (χ4n) is 5.37. The molecule has 0 radical (unpaired) electrons. The number of rotatable bonds is 2. The minimum absolute atomic E-state index is 0.193. The highest BCUT2D eigenvalue weighted by molar-refractivity contribution is 5.67. The average Bonchev–Trinajstić information content (AvgIpc) is 3.28. The van der Waals surface area contributed by atoms with Crippen molar-refractivity contribution < 1.29 is 4.74 Å². The van der Waals surface area contributed by atoms with Crippen molar-refractivity contribution in [1.82, 2.24) is 10.4 Å². The van der Waals surface area contributed by atoms with E-state index in [1.54, 1.807) is 0 Å². The van der Waals surface area contributed by atoms with E-state index in [2.05, 4.69) is 101 Å².